The van der Waals surface area contributed by atoms with Gasteiger partial charge in [0.2, 0.25) is 0 Å². The monoisotopic (exact) mass is 1430 g/mol. The molecule has 3 amide bonds. The van der Waals surface area contributed by atoms with Crippen LogP contribution in [0, 0.1) is 0 Å². The van der Waals surface area contributed by atoms with Gasteiger partial charge >= 0.3 is 18.3 Å². The number of H-pyrrole nitrogens is 3. The number of phenolic OH excluding ortho intramolecular Hbond substituents is 1. The van der Waals surface area contributed by atoms with Crippen LogP contribution in [0.5, 0.6) is 17.2 Å². The van der Waals surface area contributed by atoms with Crippen LogP contribution in [0.1, 0.15) is 87.9 Å². The number of alkyl halides is 3. The molecular weight excluding hydrogens is 1360 g/mol. The number of halogens is 6. The van der Waals surface area contributed by atoms with Crippen LogP contribution in [0.2, 0.25) is 15.1 Å². The van der Waals surface area contributed by atoms with Crippen molar-refractivity contribution in [2.45, 2.75) is 56.7 Å². The summed E-state index contributed by atoms with van der Waals surface area (Å²) in [7, 11) is 4.22. The van der Waals surface area contributed by atoms with Gasteiger partial charge in [0.15, 0.2) is 0 Å². The Morgan fingerprint density at radius 2 is 0.860 bits per heavy atom. The number of methoxy groups -OCH3 is 3. The quantitative estimate of drug-likeness (QED) is 0.0461. The van der Waals surface area contributed by atoms with Gasteiger partial charge in [0.05, 0.1) is 47.8 Å². The van der Waals surface area contributed by atoms with E-state index >= 15 is 0 Å². The molecule has 3 aromatic heterocycles. The summed E-state index contributed by atoms with van der Waals surface area (Å²) in [6.07, 6.45) is 3.98. The Labute approximate surface area is 574 Å². The molecule has 4 aliphatic rings. The molecule has 7 heterocycles. The van der Waals surface area contributed by atoms with Crippen molar-refractivity contribution in [2.24, 2.45) is 0 Å². The number of hydrogen-bond acceptors (Lipinski definition) is 11. The maximum absolute atomic E-state index is 12.6. The molecule has 3 atom stereocenters. The Balaban J connectivity index is 0.000000148. The maximum atomic E-state index is 12.6. The van der Waals surface area contributed by atoms with Crippen LogP contribution in [0.15, 0.2) is 127 Å². The second kappa shape index (κ2) is 32.9. The molecule has 4 N–H and O–H groups in total. The smallest absolute Gasteiger partial charge is 0.410 e. The first-order valence-electron chi connectivity index (χ1n) is 30.9. The highest BCUT2D eigenvalue weighted by Crippen LogP contribution is 2.43. The molecule has 17 nitrogen and oxygen atoms in total. The minimum absolute atomic E-state index is 0.188. The van der Waals surface area contributed by atoms with Crippen LogP contribution >= 0.6 is 73.9 Å². The number of aromatic hydroxyl groups is 1. The molecule has 9 aromatic rings. The fourth-order valence-electron chi connectivity index (χ4n) is 12.5. The fraction of sp³-hybridized carbons (Fsp3) is 0.357. The summed E-state index contributed by atoms with van der Waals surface area (Å²) in [5, 5.41) is 16.0. The van der Waals surface area contributed by atoms with Crippen LogP contribution in [0.25, 0.3) is 32.7 Å². The van der Waals surface area contributed by atoms with Gasteiger partial charge in [-0.1, -0.05) is 87.1 Å². The minimum atomic E-state index is -0.375. The zero-order valence-corrected chi connectivity index (χ0v) is 57.3. The van der Waals surface area contributed by atoms with Gasteiger partial charge in [0.25, 0.3) is 0 Å². The summed E-state index contributed by atoms with van der Waals surface area (Å²) < 4.78 is 32.2. The summed E-state index contributed by atoms with van der Waals surface area (Å²) in [6, 6.07) is 39.3. The van der Waals surface area contributed by atoms with Crippen molar-refractivity contribution in [1.82, 2.24) is 34.6 Å². The predicted octanol–water partition coefficient (Wildman–Crippen LogP) is 16.4. The Morgan fingerprint density at radius 1 is 0.505 bits per heavy atom. The lowest BCUT2D eigenvalue weighted by molar-refractivity contribution is 0.0358. The van der Waals surface area contributed by atoms with Crippen LogP contribution < -0.4 is 9.47 Å². The Kier molecular flexibility index (Phi) is 24.4. The number of nitrogens with zero attached hydrogens (tertiary/aromatic N) is 4. The van der Waals surface area contributed by atoms with Crippen molar-refractivity contribution in [2.75, 3.05) is 104 Å². The highest BCUT2D eigenvalue weighted by molar-refractivity contribution is 9.09. The second-order valence-electron chi connectivity index (χ2n) is 22.6. The predicted molar refractivity (Wildman–Crippen MR) is 372 cm³/mol. The van der Waals surface area contributed by atoms with E-state index in [0.717, 1.165) is 166 Å². The van der Waals surface area contributed by atoms with Crippen LogP contribution in [0.3, 0.4) is 0 Å². The zero-order valence-electron chi connectivity index (χ0n) is 52.0. The summed E-state index contributed by atoms with van der Waals surface area (Å²) in [5.74, 6) is 3.14. The van der Waals surface area contributed by atoms with E-state index in [0.29, 0.717) is 53.8 Å². The molecule has 3 unspecified atom stereocenters. The molecule has 0 radical (unpaired) electrons. The summed E-state index contributed by atoms with van der Waals surface area (Å²) in [5.41, 5.74) is 12.4. The topological polar surface area (TPSA) is 187 Å². The van der Waals surface area contributed by atoms with Crippen molar-refractivity contribution < 1.29 is 47.9 Å². The molecule has 1 saturated heterocycles. The number of hydrogen-bond donors (Lipinski definition) is 4. The van der Waals surface area contributed by atoms with Gasteiger partial charge in [-0.15, -0.1) is 23.2 Å². The number of aromatic nitrogens is 3. The normalized spacial score (nSPS) is 16.7. The van der Waals surface area contributed by atoms with E-state index in [2.05, 4.69) is 35.8 Å². The lowest BCUT2D eigenvalue weighted by Gasteiger charge is -2.35. The number of rotatable bonds is 14. The first-order valence-corrected chi connectivity index (χ1v) is 34.2. The number of nitrogens with one attached hydrogen (secondary N) is 3. The van der Waals surface area contributed by atoms with Crippen molar-refractivity contribution in [3.63, 3.8) is 0 Å². The zero-order chi connectivity index (χ0) is 65.5. The highest BCUT2D eigenvalue weighted by atomic mass is 79.9. The van der Waals surface area contributed by atoms with E-state index in [1.165, 1.54) is 32.5 Å². The second-order valence-corrected chi connectivity index (χ2v) is 25.4. The van der Waals surface area contributed by atoms with Gasteiger partial charge in [0, 0.05) is 121 Å². The summed E-state index contributed by atoms with van der Waals surface area (Å²) in [6.45, 7) is 7.57. The maximum Gasteiger partial charge on any atom is 0.410 e. The van der Waals surface area contributed by atoms with Crippen molar-refractivity contribution >= 4 is 125 Å². The van der Waals surface area contributed by atoms with Crippen LogP contribution in [-0.4, -0.2) is 162 Å². The molecule has 492 valence electrons. The van der Waals surface area contributed by atoms with Gasteiger partial charge in [0.1, 0.15) is 35.4 Å². The molecule has 1 fully saturated rings. The number of carbonyl (C=O) groups excluding carboxylic acids is 3. The van der Waals surface area contributed by atoms with E-state index in [4.69, 9.17) is 86.4 Å². The molecule has 0 bridgehead atoms. The largest absolute Gasteiger partial charge is 0.508 e. The van der Waals surface area contributed by atoms with Gasteiger partial charge in [-0.2, -0.15) is 0 Å². The van der Waals surface area contributed by atoms with Crippen molar-refractivity contribution in [3.05, 3.63) is 193 Å². The third-order valence-corrected chi connectivity index (χ3v) is 18.7. The molecule has 6 aromatic carbocycles. The van der Waals surface area contributed by atoms with Crippen LogP contribution in [-0.2, 0) is 38.2 Å². The fourth-order valence-corrected chi connectivity index (χ4v) is 13.9. The molecule has 13 rings (SSSR count). The highest BCUT2D eigenvalue weighted by Gasteiger charge is 2.38. The van der Waals surface area contributed by atoms with E-state index in [9.17, 15) is 19.5 Å². The Hall–Kier alpha value is -7.00. The first-order chi connectivity index (χ1) is 45.2. The van der Waals surface area contributed by atoms with E-state index in [1.807, 2.05) is 115 Å². The number of amides is 3. The molecule has 0 spiro atoms. The lowest BCUT2D eigenvalue weighted by atomic mass is 9.92. The number of carbonyl (C=O) groups is 3. The van der Waals surface area contributed by atoms with E-state index in [1.54, 1.807) is 26.8 Å². The molecule has 0 aliphatic carbocycles. The average Bonchev–Trinajstić information content (AvgIpc) is 1.65. The number of fused-ring (bicyclic) bond motifs is 9. The van der Waals surface area contributed by atoms with Crippen molar-refractivity contribution in [3.8, 4) is 17.2 Å². The van der Waals surface area contributed by atoms with Gasteiger partial charge in [-0.05, 0) is 163 Å². The van der Waals surface area contributed by atoms with Crippen molar-refractivity contribution in [1.29, 1.82) is 0 Å². The van der Waals surface area contributed by atoms with Gasteiger partial charge < -0.3 is 48.5 Å². The van der Waals surface area contributed by atoms with Gasteiger partial charge in [-0.3, -0.25) is 19.6 Å². The first kappa shape index (κ1) is 68.8. The number of phenols is 1. The minimum Gasteiger partial charge on any atom is -0.508 e. The van der Waals surface area contributed by atoms with Gasteiger partial charge in [-0.25, -0.2) is 14.4 Å². The third kappa shape index (κ3) is 16.4. The SMILES string of the molecule is COC(=O)N1CCc2c([nH]c3ccc(Cl)cc23)C1c1ccc(O)cc1.COC(=O)N1CCc2c([nH]c3ccc(Cl)cc23)C1c1ccc(OCCCCl)cc1.COC(=O)N1CCc2c([nH]c3ccc(Cl)cc23)C1c1ccc(OCCCN2CCOCC2)cc1.ClCCCBr. The third-order valence-electron chi connectivity index (χ3n) is 16.9. The lowest BCUT2D eigenvalue weighted by Crippen LogP contribution is -2.40. The number of ether oxygens (including phenoxy) is 6. The van der Waals surface area contributed by atoms with E-state index in [-0.39, 0.29) is 42.2 Å². The number of morpholine rings is 1. The number of benzene rings is 6. The average molecular weight is 1430 g/mol. The number of aromatic amines is 3. The molecule has 4 aliphatic heterocycles. The standard InChI is InChI=1S/C26H30ClN3O4.C22H22Cl2N2O3.C19H17ClN2O3.C3H6BrCl/c1-32-26(31)30-11-9-21-22-17-19(27)5-8-23(22)28-24(21)25(30)18-3-6-20(7-4-18)34-14-2-10-29-12-15-33-16-13-29;1-28-22(27)26-11-9-17-18-13-15(24)5-8-19(18)25-20(17)21(26)14-3-6-16(7-4-14)29-12-2-10-23;1-25-19(24)22-9-8-14-15-10-12(20)4-7-16(15)21-17(14)18(22)11-2-5-13(23)6-3-11;4-2-1-3-5/h3-8,17,25,28H,2,9-16H2,1H3;3-8,13,21,25H,2,9-12H2,1H3;2-7,10,18,21,23H,8-9H2,1H3;1-3H2. The van der Waals surface area contributed by atoms with Crippen LogP contribution in [0.4, 0.5) is 14.4 Å². The molecule has 23 heteroatoms. The molecule has 93 heavy (non-hydrogen) atoms. The Morgan fingerprint density at radius 3 is 1.19 bits per heavy atom. The van der Waals surface area contributed by atoms with E-state index < -0.39 is 0 Å². The molecule has 0 saturated carbocycles. The summed E-state index contributed by atoms with van der Waals surface area (Å²) >= 11 is 32.9. The Bertz CT molecular complexity index is 3970. The molecular formula is C70H75BrCl5N7O10. The summed E-state index contributed by atoms with van der Waals surface area (Å²) in [4.78, 5) is 55.6.